The van der Waals surface area contributed by atoms with Gasteiger partial charge >= 0.3 is 0 Å². The Morgan fingerprint density at radius 3 is 2.59 bits per heavy atom. The van der Waals surface area contributed by atoms with Gasteiger partial charge in [0, 0.05) is 11.6 Å². The van der Waals surface area contributed by atoms with Gasteiger partial charge in [-0.2, -0.15) is 4.37 Å². The molecule has 1 saturated carbocycles. The Balaban J connectivity index is 1.58. The van der Waals surface area contributed by atoms with Gasteiger partial charge in [-0.1, -0.05) is 5.16 Å². The zero-order valence-electron chi connectivity index (χ0n) is 15.2. The fourth-order valence-electron chi connectivity index (χ4n) is 3.00. The lowest BCUT2D eigenvalue weighted by Gasteiger charge is -2.10. The Morgan fingerprint density at radius 2 is 1.96 bits per heavy atom. The summed E-state index contributed by atoms with van der Waals surface area (Å²) in [6, 6.07) is 9.18. The van der Waals surface area contributed by atoms with E-state index in [2.05, 4.69) is 14.8 Å². The molecule has 0 atom stereocenters. The van der Waals surface area contributed by atoms with Gasteiger partial charge in [0.1, 0.15) is 5.00 Å². The maximum Gasteiger partial charge on any atom is 0.237 e. The van der Waals surface area contributed by atoms with E-state index in [4.69, 9.17) is 14.0 Å². The standard InChI is InChI=1S/C19H19N3O4S/c1-11-8-17(27-22-11)20-18(23)19(6-7-19)16-10-14(26-21-16)12-4-5-13(24-2)15(9-12)25-3/h4-5,8-10H,6-7H2,1-3H3,(H,20,23). The van der Waals surface area contributed by atoms with Crippen LogP contribution in [0.4, 0.5) is 5.00 Å². The van der Waals surface area contributed by atoms with Crippen molar-refractivity contribution in [2.75, 3.05) is 19.5 Å². The zero-order chi connectivity index (χ0) is 19.0. The van der Waals surface area contributed by atoms with E-state index in [0.717, 1.165) is 29.1 Å². The van der Waals surface area contributed by atoms with Gasteiger partial charge in [0.05, 0.1) is 31.0 Å². The summed E-state index contributed by atoms with van der Waals surface area (Å²) in [6.45, 7) is 1.89. The van der Waals surface area contributed by atoms with Crippen LogP contribution in [0.5, 0.6) is 11.5 Å². The van der Waals surface area contributed by atoms with E-state index in [0.29, 0.717) is 23.0 Å². The lowest BCUT2D eigenvalue weighted by atomic mass is 10.0. The summed E-state index contributed by atoms with van der Waals surface area (Å²) in [5.74, 6) is 1.75. The van der Waals surface area contributed by atoms with E-state index in [9.17, 15) is 4.79 Å². The van der Waals surface area contributed by atoms with Crippen LogP contribution in [0.15, 0.2) is 34.9 Å². The van der Waals surface area contributed by atoms with Crippen molar-refractivity contribution in [3.05, 3.63) is 41.7 Å². The number of amides is 1. The molecule has 1 aromatic carbocycles. The quantitative estimate of drug-likeness (QED) is 0.695. The SMILES string of the molecule is COc1ccc(-c2cc(C3(C(=O)Nc4cc(C)ns4)CC3)no2)cc1OC. The minimum atomic E-state index is -0.629. The number of hydrogen-bond donors (Lipinski definition) is 1. The molecule has 2 aromatic heterocycles. The fourth-order valence-corrected chi connectivity index (χ4v) is 3.66. The highest BCUT2D eigenvalue weighted by molar-refractivity contribution is 7.10. The van der Waals surface area contributed by atoms with Gasteiger partial charge in [0.15, 0.2) is 17.3 Å². The van der Waals surface area contributed by atoms with Gasteiger partial charge in [-0.15, -0.1) is 0 Å². The van der Waals surface area contributed by atoms with Crippen LogP contribution in [0.25, 0.3) is 11.3 Å². The number of aryl methyl sites for hydroxylation is 1. The van der Waals surface area contributed by atoms with Crippen LogP contribution in [-0.4, -0.2) is 29.7 Å². The second-order valence-electron chi connectivity index (χ2n) is 6.51. The van der Waals surface area contributed by atoms with Gasteiger partial charge < -0.3 is 19.3 Å². The summed E-state index contributed by atoms with van der Waals surface area (Å²) in [4.78, 5) is 12.8. The van der Waals surface area contributed by atoms with Crippen molar-refractivity contribution in [1.29, 1.82) is 0 Å². The van der Waals surface area contributed by atoms with Gasteiger partial charge in [-0.05, 0) is 55.6 Å². The van der Waals surface area contributed by atoms with Crippen molar-refractivity contribution in [3.63, 3.8) is 0 Å². The lowest BCUT2D eigenvalue weighted by Crippen LogP contribution is -2.27. The molecule has 2 heterocycles. The molecule has 1 N–H and O–H groups in total. The van der Waals surface area contributed by atoms with E-state index >= 15 is 0 Å². The van der Waals surface area contributed by atoms with Crippen molar-refractivity contribution in [2.45, 2.75) is 25.2 Å². The van der Waals surface area contributed by atoms with Crippen LogP contribution < -0.4 is 14.8 Å². The van der Waals surface area contributed by atoms with E-state index in [1.165, 1.54) is 11.5 Å². The third kappa shape index (κ3) is 3.16. The second-order valence-corrected chi connectivity index (χ2v) is 7.32. The number of anilines is 1. The number of ether oxygens (including phenoxy) is 2. The average molecular weight is 385 g/mol. The largest absolute Gasteiger partial charge is 0.493 e. The first-order valence-corrected chi connectivity index (χ1v) is 9.27. The summed E-state index contributed by atoms with van der Waals surface area (Å²) in [7, 11) is 3.17. The maximum absolute atomic E-state index is 12.8. The van der Waals surface area contributed by atoms with Crippen molar-refractivity contribution >= 4 is 22.4 Å². The van der Waals surface area contributed by atoms with E-state index < -0.39 is 5.41 Å². The van der Waals surface area contributed by atoms with Crippen LogP contribution in [0.3, 0.4) is 0 Å². The Labute approximate surface area is 160 Å². The lowest BCUT2D eigenvalue weighted by molar-refractivity contribution is -0.118. The number of nitrogens with one attached hydrogen (secondary N) is 1. The normalized spacial score (nSPS) is 14.6. The van der Waals surface area contributed by atoms with Crippen molar-refractivity contribution < 1.29 is 18.8 Å². The topological polar surface area (TPSA) is 86.5 Å². The number of rotatable bonds is 6. The van der Waals surface area contributed by atoms with Gasteiger partial charge in [-0.3, -0.25) is 4.79 Å². The molecule has 1 aliphatic rings. The Bertz CT molecular complexity index is 991. The molecule has 1 aliphatic carbocycles. The first kappa shape index (κ1) is 17.5. The highest BCUT2D eigenvalue weighted by Crippen LogP contribution is 2.49. The third-order valence-corrected chi connectivity index (χ3v) is 5.51. The van der Waals surface area contributed by atoms with E-state index in [1.807, 2.05) is 37.3 Å². The molecule has 0 aliphatic heterocycles. The highest BCUT2D eigenvalue weighted by atomic mass is 32.1. The number of carbonyl (C=O) groups is 1. The molecule has 4 rings (SSSR count). The molecule has 3 aromatic rings. The smallest absolute Gasteiger partial charge is 0.237 e. The van der Waals surface area contributed by atoms with Crippen LogP contribution in [0.2, 0.25) is 0 Å². The Hall–Kier alpha value is -2.87. The Morgan fingerprint density at radius 1 is 1.19 bits per heavy atom. The third-order valence-electron chi connectivity index (χ3n) is 4.72. The monoisotopic (exact) mass is 385 g/mol. The first-order valence-electron chi connectivity index (χ1n) is 8.50. The summed E-state index contributed by atoms with van der Waals surface area (Å²) >= 11 is 1.28. The van der Waals surface area contributed by atoms with Crippen LogP contribution in [0.1, 0.15) is 24.2 Å². The molecular formula is C19H19N3O4S. The number of hydrogen-bond acceptors (Lipinski definition) is 7. The molecule has 0 bridgehead atoms. The van der Waals surface area contributed by atoms with Crippen molar-refractivity contribution in [2.24, 2.45) is 0 Å². The number of carbonyl (C=O) groups excluding carboxylic acids is 1. The van der Waals surface area contributed by atoms with Crippen LogP contribution in [0, 0.1) is 6.92 Å². The zero-order valence-corrected chi connectivity index (χ0v) is 16.1. The number of aromatic nitrogens is 2. The molecule has 140 valence electrons. The van der Waals surface area contributed by atoms with Crippen molar-refractivity contribution in [1.82, 2.24) is 9.53 Å². The summed E-state index contributed by atoms with van der Waals surface area (Å²) < 4.78 is 20.3. The second kappa shape index (κ2) is 6.70. The van der Waals surface area contributed by atoms with Gasteiger partial charge in [0.25, 0.3) is 0 Å². The van der Waals surface area contributed by atoms with E-state index in [-0.39, 0.29) is 5.91 Å². The Kier molecular flexibility index (Phi) is 4.35. The molecule has 27 heavy (non-hydrogen) atoms. The van der Waals surface area contributed by atoms with Crippen LogP contribution in [-0.2, 0) is 10.2 Å². The predicted octanol–water partition coefficient (Wildman–Crippen LogP) is 3.79. The number of methoxy groups -OCH3 is 2. The van der Waals surface area contributed by atoms with Crippen molar-refractivity contribution in [3.8, 4) is 22.8 Å². The van der Waals surface area contributed by atoms with Crippen LogP contribution >= 0.6 is 11.5 Å². The molecule has 0 radical (unpaired) electrons. The number of benzene rings is 1. The number of nitrogens with zero attached hydrogens (tertiary/aromatic N) is 2. The predicted molar refractivity (Wildman–Crippen MR) is 101 cm³/mol. The molecule has 7 nitrogen and oxygen atoms in total. The first-order chi connectivity index (χ1) is 13.1. The molecular weight excluding hydrogens is 366 g/mol. The molecule has 1 amide bonds. The minimum absolute atomic E-state index is 0.0710. The molecule has 0 saturated heterocycles. The van der Waals surface area contributed by atoms with Gasteiger partial charge in [-0.25, -0.2) is 0 Å². The summed E-state index contributed by atoms with van der Waals surface area (Å²) in [5, 5.41) is 7.86. The van der Waals surface area contributed by atoms with Gasteiger partial charge in [0.2, 0.25) is 5.91 Å². The molecule has 8 heteroatoms. The highest BCUT2D eigenvalue weighted by Gasteiger charge is 2.54. The molecule has 0 unspecified atom stereocenters. The molecule has 0 spiro atoms. The summed E-state index contributed by atoms with van der Waals surface area (Å²) in [5.41, 5.74) is 1.71. The summed E-state index contributed by atoms with van der Waals surface area (Å²) in [6.07, 6.45) is 1.49. The average Bonchev–Trinajstić information content (AvgIpc) is 3.16. The van der Waals surface area contributed by atoms with E-state index in [1.54, 1.807) is 14.2 Å². The minimum Gasteiger partial charge on any atom is -0.493 e. The maximum atomic E-state index is 12.8. The fraction of sp³-hybridized carbons (Fsp3) is 0.316. The molecule has 1 fully saturated rings.